The van der Waals surface area contributed by atoms with Crippen molar-refractivity contribution in [1.29, 1.82) is 0 Å². The van der Waals surface area contributed by atoms with Crippen molar-refractivity contribution in [2.24, 2.45) is 0 Å². The summed E-state index contributed by atoms with van der Waals surface area (Å²) in [5.74, 6) is -3.36. The number of nitrogens with one attached hydrogen (secondary N) is 2. The van der Waals surface area contributed by atoms with E-state index in [0.29, 0.717) is 13.0 Å². The Morgan fingerprint density at radius 1 is 1.22 bits per heavy atom. The molecule has 1 aromatic carbocycles. The van der Waals surface area contributed by atoms with Crippen LogP contribution < -0.4 is 10.6 Å². The topological polar surface area (TPSA) is 78.5 Å². The van der Waals surface area contributed by atoms with E-state index in [1.807, 2.05) is 5.32 Å². The number of nitrogens with zero attached hydrogens (tertiary/aromatic N) is 1. The molecule has 0 spiro atoms. The summed E-state index contributed by atoms with van der Waals surface area (Å²) < 4.78 is 38.1. The van der Waals surface area contributed by atoms with Gasteiger partial charge in [0.2, 0.25) is 11.8 Å². The van der Waals surface area contributed by atoms with Gasteiger partial charge in [0, 0.05) is 19.0 Å². The Hall–Kier alpha value is -2.84. The minimum atomic E-state index is -5.01. The number of hydrogen-bond donors (Lipinski definition) is 2. The minimum Gasteiger partial charge on any atom is -0.343 e. The highest BCUT2D eigenvalue weighted by molar-refractivity contribution is 5.90. The molecule has 0 bridgehead atoms. The summed E-state index contributed by atoms with van der Waals surface area (Å²) >= 11 is 0. The number of rotatable bonds is 5. The Labute approximate surface area is 154 Å². The van der Waals surface area contributed by atoms with Gasteiger partial charge in [0.15, 0.2) is 0 Å². The zero-order chi connectivity index (χ0) is 20.0. The second-order valence-corrected chi connectivity index (χ2v) is 6.15. The van der Waals surface area contributed by atoms with E-state index in [1.165, 1.54) is 4.90 Å². The van der Waals surface area contributed by atoms with Crippen LogP contribution in [0.5, 0.6) is 0 Å². The number of halogens is 3. The highest BCUT2D eigenvalue weighted by Crippen LogP contribution is 2.29. The van der Waals surface area contributed by atoms with Gasteiger partial charge in [0.05, 0.1) is 12.6 Å². The fraction of sp³-hybridized carbons (Fsp3) is 0.389. The number of alkyl halides is 3. The molecular weight excluding hydrogens is 363 g/mol. The molecular formula is C18H20F3N3O3. The van der Waals surface area contributed by atoms with Gasteiger partial charge in [0.25, 0.3) is 0 Å². The van der Waals surface area contributed by atoms with E-state index in [9.17, 15) is 27.6 Å². The molecule has 6 nitrogen and oxygen atoms in total. The standard InChI is InChI=1S/C18H20F3N3O3/c1-2-15(25)22-10-16(26)24-9-8-13(12-6-4-3-5-7-12)14(11-24)23-17(27)18(19,20)21/h2-7,13-14H,1,8-11H2,(H,22,25)(H,23,27)/t13-,14-/m1/s1. The molecule has 0 aromatic heterocycles. The summed E-state index contributed by atoms with van der Waals surface area (Å²) in [6, 6.07) is 7.97. The van der Waals surface area contributed by atoms with Crippen molar-refractivity contribution in [2.45, 2.75) is 24.6 Å². The number of amides is 3. The second-order valence-electron chi connectivity index (χ2n) is 6.15. The largest absolute Gasteiger partial charge is 0.471 e. The maximum atomic E-state index is 12.7. The van der Waals surface area contributed by atoms with Crippen molar-refractivity contribution in [3.63, 3.8) is 0 Å². The zero-order valence-electron chi connectivity index (χ0n) is 14.5. The molecule has 1 aliphatic heterocycles. The molecule has 27 heavy (non-hydrogen) atoms. The van der Waals surface area contributed by atoms with E-state index >= 15 is 0 Å². The average molecular weight is 383 g/mol. The van der Waals surface area contributed by atoms with Gasteiger partial charge in [-0.3, -0.25) is 14.4 Å². The van der Waals surface area contributed by atoms with E-state index < -0.39 is 29.9 Å². The predicted octanol–water partition coefficient (Wildman–Crippen LogP) is 1.35. The predicted molar refractivity (Wildman–Crippen MR) is 91.6 cm³/mol. The maximum Gasteiger partial charge on any atom is 0.471 e. The van der Waals surface area contributed by atoms with Gasteiger partial charge in [-0.1, -0.05) is 36.9 Å². The highest BCUT2D eigenvalue weighted by atomic mass is 19.4. The van der Waals surface area contributed by atoms with E-state index in [1.54, 1.807) is 30.3 Å². The normalized spacial score (nSPS) is 19.9. The van der Waals surface area contributed by atoms with Crippen molar-refractivity contribution in [2.75, 3.05) is 19.6 Å². The van der Waals surface area contributed by atoms with Crippen LogP contribution in [-0.4, -0.2) is 54.5 Å². The summed E-state index contributed by atoms with van der Waals surface area (Å²) in [4.78, 5) is 36.2. The third kappa shape index (κ3) is 5.57. The Morgan fingerprint density at radius 3 is 2.48 bits per heavy atom. The van der Waals surface area contributed by atoms with Gasteiger partial charge in [-0.25, -0.2) is 0 Å². The quantitative estimate of drug-likeness (QED) is 0.754. The minimum absolute atomic E-state index is 0.0792. The average Bonchev–Trinajstić information content (AvgIpc) is 2.65. The molecule has 2 N–H and O–H groups in total. The molecule has 1 aromatic rings. The van der Waals surface area contributed by atoms with Crippen molar-refractivity contribution < 1.29 is 27.6 Å². The van der Waals surface area contributed by atoms with Crippen LogP contribution in [0, 0.1) is 0 Å². The molecule has 1 saturated heterocycles. The number of likely N-dealkylation sites (tertiary alicyclic amines) is 1. The first-order valence-corrected chi connectivity index (χ1v) is 8.33. The fourth-order valence-electron chi connectivity index (χ4n) is 3.02. The van der Waals surface area contributed by atoms with Crippen molar-refractivity contribution in [1.82, 2.24) is 15.5 Å². The number of benzene rings is 1. The van der Waals surface area contributed by atoms with Gasteiger partial charge in [0.1, 0.15) is 0 Å². The first-order chi connectivity index (χ1) is 12.7. The molecule has 1 heterocycles. The van der Waals surface area contributed by atoms with Crippen LogP contribution in [-0.2, 0) is 14.4 Å². The lowest BCUT2D eigenvalue weighted by molar-refractivity contribution is -0.175. The van der Waals surface area contributed by atoms with E-state index in [4.69, 9.17) is 0 Å². The molecule has 3 amide bonds. The van der Waals surface area contributed by atoms with E-state index in [0.717, 1.165) is 11.6 Å². The molecule has 2 atom stereocenters. The smallest absolute Gasteiger partial charge is 0.343 e. The number of hydrogen-bond acceptors (Lipinski definition) is 3. The first kappa shape index (κ1) is 20.5. The molecule has 0 unspecified atom stereocenters. The Morgan fingerprint density at radius 2 is 1.89 bits per heavy atom. The van der Waals surface area contributed by atoms with Gasteiger partial charge in [-0.05, 0) is 18.1 Å². The molecule has 0 radical (unpaired) electrons. The van der Waals surface area contributed by atoms with Crippen molar-refractivity contribution in [3.8, 4) is 0 Å². The lowest BCUT2D eigenvalue weighted by atomic mass is 9.85. The van der Waals surface area contributed by atoms with Gasteiger partial charge in [-0.15, -0.1) is 0 Å². The van der Waals surface area contributed by atoms with E-state index in [-0.39, 0.29) is 19.0 Å². The third-order valence-corrected chi connectivity index (χ3v) is 4.37. The number of carbonyl (C=O) groups is 3. The Bertz CT molecular complexity index is 707. The van der Waals surface area contributed by atoms with Crippen molar-refractivity contribution >= 4 is 17.7 Å². The van der Waals surface area contributed by atoms with Crippen LogP contribution in [0.3, 0.4) is 0 Å². The molecule has 1 fully saturated rings. The summed E-state index contributed by atoms with van der Waals surface area (Å²) in [5.41, 5.74) is 0.789. The summed E-state index contributed by atoms with van der Waals surface area (Å²) in [7, 11) is 0. The lowest BCUT2D eigenvalue weighted by Crippen LogP contribution is -2.56. The van der Waals surface area contributed by atoms with Crippen molar-refractivity contribution in [3.05, 3.63) is 48.6 Å². The Kier molecular flexibility index (Phi) is 6.59. The monoisotopic (exact) mass is 383 g/mol. The molecule has 0 aliphatic carbocycles. The van der Waals surface area contributed by atoms with Crippen LogP contribution in [0.25, 0.3) is 0 Å². The maximum absolute atomic E-state index is 12.7. The van der Waals surface area contributed by atoms with Crippen LogP contribution in [0.4, 0.5) is 13.2 Å². The molecule has 0 saturated carbocycles. The van der Waals surface area contributed by atoms with Gasteiger partial charge in [-0.2, -0.15) is 13.2 Å². The van der Waals surface area contributed by atoms with Crippen LogP contribution in [0.1, 0.15) is 17.9 Å². The molecule has 1 aliphatic rings. The van der Waals surface area contributed by atoms with Gasteiger partial charge < -0.3 is 15.5 Å². The fourth-order valence-corrected chi connectivity index (χ4v) is 3.02. The molecule has 2 rings (SSSR count). The van der Waals surface area contributed by atoms with Crippen LogP contribution in [0.2, 0.25) is 0 Å². The van der Waals surface area contributed by atoms with Crippen LogP contribution in [0.15, 0.2) is 43.0 Å². The number of carbonyl (C=O) groups excluding carboxylic acids is 3. The molecule has 9 heteroatoms. The number of piperidine rings is 1. The molecule has 146 valence electrons. The summed E-state index contributed by atoms with van der Waals surface area (Å²) in [6.07, 6.45) is -3.61. The van der Waals surface area contributed by atoms with Gasteiger partial charge >= 0.3 is 12.1 Å². The highest BCUT2D eigenvalue weighted by Gasteiger charge is 2.42. The second kappa shape index (κ2) is 8.70. The Balaban J connectivity index is 2.13. The zero-order valence-corrected chi connectivity index (χ0v) is 14.5. The SMILES string of the molecule is C=CC(=O)NCC(=O)N1CC[C@H](c2ccccc2)[C@H](NC(=O)C(F)(F)F)C1. The van der Waals surface area contributed by atoms with E-state index in [2.05, 4.69) is 11.9 Å². The first-order valence-electron chi connectivity index (χ1n) is 8.33. The third-order valence-electron chi connectivity index (χ3n) is 4.37. The lowest BCUT2D eigenvalue weighted by Gasteiger charge is -2.39. The van der Waals surface area contributed by atoms with Crippen LogP contribution >= 0.6 is 0 Å². The summed E-state index contributed by atoms with van der Waals surface area (Å²) in [6.45, 7) is 3.21. The summed E-state index contributed by atoms with van der Waals surface area (Å²) in [5, 5.41) is 4.34.